The fraction of sp³-hybridized carbons (Fsp3) is 0.0476. The molecule has 3 nitrogen and oxygen atoms in total. The highest BCUT2D eigenvalue weighted by Gasteiger charge is 2.54. The van der Waals surface area contributed by atoms with Crippen molar-refractivity contribution < 1.29 is 4.79 Å². The van der Waals surface area contributed by atoms with Gasteiger partial charge in [-0.05, 0) is 47.6 Å². The van der Waals surface area contributed by atoms with Gasteiger partial charge in [0.25, 0.3) is 5.91 Å². The molecule has 1 amide bonds. The molecule has 1 aliphatic heterocycles. The Kier molecular flexibility index (Phi) is 4.23. The Morgan fingerprint density at radius 2 is 1.31 bits per heavy atom. The van der Waals surface area contributed by atoms with Crippen molar-refractivity contribution >= 4 is 40.5 Å². The lowest BCUT2D eigenvalue weighted by Crippen LogP contribution is -2.48. The highest BCUT2D eigenvalue weighted by Crippen LogP contribution is 2.42. The summed E-state index contributed by atoms with van der Waals surface area (Å²) in [6.45, 7) is 0. The molecule has 0 spiro atoms. The van der Waals surface area contributed by atoms with Crippen molar-refractivity contribution in [3.05, 3.63) is 101 Å². The van der Waals surface area contributed by atoms with E-state index in [4.69, 9.17) is 23.8 Å². The van der Waals surface area contributed by atoms with Crippen LogP contribution in [0.25, 0.3) is 0 Å². The number of benzene rings is 3. The molecule has 3 aromatic carbocycles. The SMILES string of the molecule is O=C1NC(=S)N(c2ccc(Cl)cc2)C1(c1ccccc1)c1ccccc1. The van der Waals surface area contributed by atoms with Gasteiger partial charge in [0, 0.05) is 10.7 Å². The minimum atomic E-state index is -1.08. The number of rotatable bonds is 3. The van der Waals surface area contributed by atoms with Crippen molar-refractivity contribution in [3.63, 3.8) is 0 Å². The second-order valence-corrected chi connectivity index (χ2v) is 6.84. The van der Waals surface area contributed by atoms with Crippen molar-refractivity contribution in [2.45, 2.75) is 5.54 Å². The Morgan fingerprint density at radius 1 is 0.808 bits per heavy atom. The molecule has 0 saturated carbocycles. The average Bonchev–Trinajstić information content (AvgIpc) is 2.95. The summed E-state index contributed by atoms with van der Waals surface area (Å²) >= 11 is 11.6. The number of amides is 1. The number of hydrogen-bond acceptors (Lipinski definition) is 2. The first-order valence-electron chi connectivity index (χ1n) is 8.16. The topological polar surface area (TPSA) is 32.3 Å². The van der Waals surface area contributed by atoms with Crippen LogP contribution < -0.4 is 10.2 Å². The first-order valence-corrected chi connectivity index (χ1v) is 8.95. The fourth-order valence-electron chi connectivity index (χ4n) is 3.44. The van der Waals surface area contributed by atoms with E-state index in [-0.39, 0.29) is 5.91 Å². The summed E-state index contributed by atoms with van der Waals surface area (Å²) in [5.41, 5.74) is 1.41. The molecule has 0 atom stereocenters. The standard InChI is InChI=1S/C21H15ClN2OS/c22-17-11-13-18(14-12-17)24-20(26)23-19(25)21(24,15-7-3-1-4-8-15)16-9-5-2-6-10-16/h1-14H,(H,23,25,26). The lowest BCUT2D eigenvalue weighted by molar-refractivity contribution is -0.122. The van der Waals surface area contributed by atoms with Gasteiger partial charge in [-0.1, -0.05) is 72.3 Å². The van der Waals surface area contributed by atoms with E-state index in [9.17, 15) is 4.79 Å². The molecule has 1 N–H and O–H groups in total. The largest absolute Gasteiger partial charge is 0.300 e. The molecule has 1 heterocycles. The van der Waals surface area contributed by atoms with E-state index in [1.165, 1.54) is 0 Å². The Hall–Kier alpha value is -2.69. The number of carbonyl (C=O) groups is 1. The van der Waals surface area contributed by atoms with Crippen LogP contribution in [0.1, 0.15) is 11.1 Å². The zero-order valence-electron chi connectivity index (χ0n) is 13.7. The second-order valence-electron chi connectivity index (χ2n) is 6.01. The van der Waals surface area contributed by atoms with Crippen LogP contribution in [-0.2, 0) is 10.3 Å². The first-order chi connectivity index (χ1) is 12.6. The average molecular weight is 379 g/mol. The van der Waals surface area contributed by atoms with E-state index >= 15 is 0 Å². The highest BCUT2D eigenvalue weighted by atomic mass is 35.5. The first kappa shape index (κ1) is 16.8. The number of anilines is 1. The van der Waals surface area contributed by atoms with E-state index in [1.807, 2.05) is 77.7 Å². The molecule has 5 heteroatoms. The van der Waals surface area contributed by atoms with Gasteiger partial charge in [-0.2, -0.15) is 0 Å². The van der Waals surface area contributed by atoms with Crippen molar-refractivity contribution in [2.24, 2.45) is 0 Å². The Bertz CT molecular complexity index is 919. The van der Waals surface area contributed by atoms with Crippen LogP contribution in [0.4, 0.5) is 5.69 Å². The quantitative estimate of drug-likeness (QED) is 0.681. The maximum absolute atomic E-state index is 13.3. The monoisotopic (exact) mass is 378 g/mol. The Labute approximate surface area is 162 Å². The van der Waals surface area contributed by atoms with Crippen molar-refractivity contribution in [1.82, 2.24) is 5.32 Å². The number of carbonyl (C=O) groups excluding carboxylic acids is 1. The number of hydrogen-bond donors (Lipinski definition) is 1. The predicted octanol–water partition coefficient (Wildman–Crippen LogP) is 4.50. The lowest BCUT2D eigenvalue weighted by Gasteiger charge is -2.37. The molecule has 1 aliphatic rings. The summed E-state index contributed by atoms with van der Waals surface area (Å²) in [4.78, 5) is 15.2. The summed E-state index contributed by atoms with van der Waals surface area (Å²) in [7, 11) is 0. The zero-order chi connectivity index (χ0) is 18.1. The van der Waals surface area contributed by atoms with Crippen LogP contribution in [-0.4, -0.2) is 11.0 Å². The molecular weight excluding hydrogens is 364 g/mol. The third kappa shape index (κ3) is 2.50. The van der Waals surface area contributed by atoms with Gasteiger partial charge >= 0.3 is 0 Å². The van der Waals surface area contributed by atoms with E-state index in [0.717, 1.165) is 16.8 Å². The second kappa shape index (κ2) is 6.56. The molecule has 26 heavy (non-hydrogen) atoms. The maximum atomic E-state index is 13.3. The molecule has 4 rings (SSSR count). The summed E-state index contributed by atoms with van der Waals surface area (Å²) in [5.74, 6) is -0.171. The molecule has 0 aromatic heterocycles. The van der Waals surface area contributed by atoms with Gasteiger partial charge in [0.15, 0.2) is 10.7 Å². The lowest BCUT2D eigenvalue weighted by atomic mass is 9.81. The van der Waals surface area contributed by atoms with Crippen LogP contribution in [0, 0.1) is 0 Å². The van der Waals surface area contributed by atoms with Crippen LogP contribution in [0.15, 0.2) is 84.9 Å². The van der Waals surface area contributed by atoms with Crippen LogP contribution in [0.2, 0.25) is 5.02 Å². The minimum absolute atomic E-state index is 0.171. The van der Waals surface area contributed by atoms with Crippen LogP contribution in [0.5, 0.6) is 0 Å². The molecule has 1 saturated heterocycles. The van der Waals surface area contributed by atoms with E-state index in [1.54, 1.807) is 12.1 Å². The minimum Gasteiger partial charge on any atom is -0.300 e. The number of thiocarbonyl (C=S) groups is 1. The summed E-state index contributed by atoms with van der Waals surface area (Å²) < 4.78 is 0. The molecule has 1 fully saturated rings. The highest BCUT2D eigenvalue weighted by molar-refractivity contribution is 7.80. The van der Waals surface area contributed by atoms with Gasteiger partial charge in [-0.25, -0.2) is 0 Å². The van der Waals surface area contributed by atoms with Crippen LogP contribution in [0.3, 0.4) is 0 Å². The Morgan fingerprint density at radius 3 is 1.81 bits per heavy atom. The fourth-order valence-corrected chi connectivity index (χ4v) is 3.91. The number of halogens is 1. The normalized spacial score (nSPS) is 15.8. The molecule has 128 valence electrons. The maximum Gasteiger partial charge on any atom is 0.261 e. The van der Waals surface area contributed by atoms with E-state index < -0.39 is 5.54 Å². The third-order valence-corrected chi connectivity index (χ3v) is 5.09. The predicted molar refractivity (Wildman–Crippen MR) is 108 cm³/mol. The van der Waals surface area contributed by atoms with Gasteiger partial charge in [-0.3, -0.25) is 15.0 Å². The van der Waals surface area contributed by atoms with Gasteiger partial charge in [0.05, 0.1) is 0 Å². The van der Waals surface area contributed by atoms with Gasteiger partial charge in [-0.15, -0.1) is 0 Å². The van der Waals surface area contributed by atoms with E-state index in [2.05, 4.69) is 5.32 Å². The van der Waals surface area contributed by atoms with Crippen molar-refractivity contribution in [2.75, 3.05) is 4.90 Å². The van der Waals surface area contributed by atoms with Crippen LogP contribution >= 0.6 is 23.8 Å². The Balaban J connectivity index is 2.03. The van der Waals surface area contributed by atoms with Gasteiger partial charge in [0.1, 0.15) is 0 Å². The number of nitrogens with zero attached hydrogens (tertiary/aromatic N) is 1. The third-order valence-electron chi connectivity index (χ3n) is 4.56. The molecule has 0 bridgehead atoms. The summed E-state index contributed by atoms with van der Waals surface area (Å²) in [6, 6.07) is 26.7. The molecule has 3 aromatic rings. The molecule has 0 radical (unpaired) electrons. The molecule has 0 aliphatic carbocycles. The summed E-state index contributed by atoms with van der Waals surface area (Å²) in [6.07, 6.45) is 0. The van der Waals surface area contributed by atoms with Crippen molar-refractivity contribution in [3.8, 4) is 0 Å². The molecule has 0 unspecified atom stereocenters. The molecular formula is C21H15ClN2OS. The van der Waals surface area contributed by atoms with Crippen molar-refractivity contribution in [1.29, 1.82) is 0 Å². The number of nitrogens with one attached hydrogen (secondary N) is 1. The van der Waals surface area contributed by atoms with Gasteiger partial charge < -0.3 is 0 Å². The van der Waals surface area contributed by atoms with E-state index in [0.29, 0.717) is 10.1 Å². The van der Waals surface area contributed by atoms with Gasteiger partial charge in [0.2, 0.25) is 0 Å². The zero-order valence-corrected chi connectivity index (χ0v) is 15.3. The summed E-state index contributed by atoms with van der Waals surface area (Å²) in [5, 5.41) is 3.85. The smallest absolute Gasteiger partial charge is 0.261 e.